The van der Waals surface area contributed by atoms with E-state index >= 15 is 0 Å². The second-order valence-electron chi connectivity index (χ2n) is 2.72. The van der Waals surface area contributed by atoms with Crippen molar-refractivity contribution in [3.05, 3.63) is 11.6 Å². The van der Waals surface area contributed by atoms with E-state index in [0.29, 0.717) is 0 Å². The van der Waals surface area contributed by atoms with E-state index in [1.54, 1.807) is 11.8 Å². The molecule has 1 aliphatic heterocycles. The summed E-state index contributed by atoms with van der Waals surface area (Å²) in [5.74, 6) is 1.14. The third-order valence-corrected chi connectivity index (χ3v) is 2.40. The van der Waals surface area contributed by atoms with Crippen molar-refractivity contribution in [2.45, 2.75) is 19.4 Å². The molecule has 0 bridgehead atoms. The fourth-order valence-corrected chi connectivity index (χ4v) is 1.67. The molecule has 1 rings (SSSR count). The summed E-state index contributed by atoms with van der Waals surface area (Å²) in [5.41, 5.74) is 0.280. The van der Waals surface area contributed by atoms with Gasteiger partial charge in [-0.05, 0) is 13.8 Å². The highest BCUT2D eigenvalue weighted by Gasteiger charge is 2.24. The van der Waals surface area contributed by atoms with Gasteiger partial charge in [0.15, 0.2) is 0 Å². The maximum absolute atomic E-state index is 3.80. The largest absolute Gasteiger partial charge is 0.375 e. The summed E-state index contributed by atoms with van der Waals surface area (Å²) in [6.45, 7) is 8.16. The smallest absolute Gasteiger partial charge is 0.0613 e. The maximum Gasteiger partial charge on any atom is 0.0613 e. The van der Waals surface area contributed by atoms with E-state index in [1.807, 2.05) is 0 Å². The van der Waals surface area contributed by atoms with Crippen molar-refractivity contribution in [2.24, 2.45) is 0 Å². The van der Waals surface area contributed by atoms with E-state index in [4.69, 9.17) is 0 Å². The lowest BCUT2D eigenvalue weighted by Gasteiger charge is -2.15. The fourth-order valence-electron chi connectivity index (χ4n) is 0.717. The van der Waals surface area contributed by atoms with Crippen LogP contribution in [0.15, 0.2) is 11.6 Å². The molecule has 0 aromatic carbocycles. The minimum absolute atomic E-state index is 0.280. The molecule has 0 spiro atoms. The second-order valence-corrected chi connectivity index (χ2v) is 3.79. The van der Waals surface area contributed by atoms with Crippen molar-refractivity contribution in [3.63, 3.8) is 0 Å². The molecule has 0 amide bonds. The highest BCUT2D eigenvalue weighted by Crippen LogP contribution is 2.27. The minimum Gasteiger partial charge on any atom is -0.375 e. The molecule has 1 fully saturated rings. The van der Waals surface area contributed by atoms with Crippen molar-refractivity contribution >= 4 is 11.8 Å². The molecule has 0 aromatic heterocycles. The zero-order chi connectivity index (χ0) is 6.20. The Morgan fingerprint density at radius 1 is 1.75 bits per heavy atom. The lowest BCUT2D eigenvalue weighted by Crippen LogP contribution is -2.33. The van der Waals surface area contributed by atoms with Crippen LogP contribution in [0.5, 0.6) is 0 Å². The summed E-state index contributed by atoms with van der Waals surface area (Å²) in [6, 6.07) is 0. The first-order chi connectivity index (χ1) is 3.60. The van der Waals surface area contributed by atoms with Crippen LogP contribution in [0.1, 0.15) is 13.8 Å². The quantitative estimate of drug-likeness (QED) is 0.533. The van der Waals surface area contributed by atoms with E-state index in [0.717, 1.165) is 10.8 Å². The number of thioether (sulfide) groups is 1. The van der Waals surface area contributed by atoms with Gasteiger partial charge in [0, 0.05) is 11.3 Å². The van der Waals surface area contributed by atoms with Crippen LogP contribution in [-0.2, 0) is 0 Å². The number of nitrogens with one attached hydrogen (secondary N) is 1. The van der Waals surface area contributed by atoms with Crippen LogP contribution in [0.4, 0.5) is 0 Å². The van der Waals surface area contributed by atoms with Gasteiger partial charge in [0.25, 0.3) is 0 Å². The first kappa shape index (κ1) is 6.02. The molecule has 1 heterocycles. The van der Waals surface area contributed by atoms with Crippen LogP contribution in [-0.4, -0.2) is 11.3 Å². The van der Waals surface area contributed by atoms with Crippen LogP contribution in [0.2, 0.25) is 0 Å². The van der Waals surface area contributed by atoms with Gasteiger partial charge in [-0.2, -0.15) is 0 Å². The predicted octanol–water partition coefficient (Wildman–Crippen LogP) is 1.57. The molecular weight excluding hydrogens is 118 g/mol. The summed E-state index contributed by atoms with van der Waals surface area (Å²) in [5, 5.41) is 4.37. The maximum atomic E-state index is 3.80. The monoisotopic (exact) mass is 129 g/mol. The summed E-state index contributed by atoms with van der Waals surface area (Å²) < 4.78 is 0. The molecule has 0 atom stereocenters. The number of hydrogen-bond donors (Lipinski definition) is 1. The van der Waals surface area contributed by atoms with Crippen LogP contribution in [0.25, 0.3) is 0 Å². The lowest BCUT2D eigenvalue weighted by atomic mass is 10.1. The normalized spacial score (nSPS) is 25.5. The van der Waals surface area contributed by atoms with Gasteiger partial charge in [-0.25, -0.2) is 0 Å². The molecule has 0 aromatic rings. The molecule has 0 radical (unpaired) electrons. The van der Waals surface area contributed by atoms with Crippen LogP contribution in [0.3, 0.4) is 0 Å². The average molecular weight is 129 g/mol. The van der Waals surface area contributed by atoms with Gasteiger partial charge < -0.3 is 5.32 Å². The number of hydrogen-bond acceptors (Lipinski definition) is 2. The molecule has 1 N–H and O–H groups in total. The lowest BCUT2D eigenvalue weighted by molar-refractivity contribution is 0.513. The summed E-state index contributed by atoms with van der Waals surface area (Å²) in [7, 11) is 0. The van der Waals surface area contributed by atoms with Gasteiger partial charge in [0.2, 0.25) is 0 Å². The van der Waals surface area contributed by atoms with Crippen LogP contribution < -0.4 is 5.32 Å². The molecule has 1 nitrogen and oxygen atoms in total. The Labute approximate surface area is 54.5 Å². The zero-order valence-corrected chi connectivity index (χ0v) is 6.14. The Hall–Kier alpha value is -0.110. The van der Waals surface area contributed by atoms with Crippen molar-refractivity contribution in [3.8, 4) is 0 Å². The van der Waals surface area contributed by atoms with E-state index in [9.17, 15) is 0 Å². The third-order valence-electron chi connectivity index (χ3n) is 1.09. The topological polar surface area (TPSA) is 12.0 Å². The van der Waals surface area contributed by atoms with Crippen molar-refractivity contribution in [2.75, 3.05) is 5.75 Å². The van der Waals surface area contributed by atoms with Gasteiger partial charge in [0.05, 0.1) is 5.03 Å². The summed E-state index contributed by atoms with van der Waals surface area (Å²) in [6.07, 6.45) is 0. The van der Waals surface area contributed by atoms with E-state index < -0.39 is 0 Å². The van der Waals surface area contributed by atoms with E-state index in [-0.39, 0.29) is 5.54 Å². The highest BCUT2D eigenvalue weighted by molar-refractivity contribution is 8.03. The Balaban J connectivity index is 2.56. The zero-order valence-electron chi connectivity index (χ0n) is 5.32. The SMILES string of the molecule is C=C1NC(C)(C)CS1. The van der Waals surface area contributed by atoms with Gasteiger partial charge in [-0.1, -0.05) is 6.58 Å². The summed E-state index contributed by atoms with van der Waals surface area (Å²) in [4.78, 5) is 0. The van der Waals surface area contributed by atoms with Crippen molar-refractivity contribution < 1.29 is 0 Å². The van der Waals surface area contributed by atoms with Gasteiger partial charge >= 0.3 is 0 Å². The van der Waals surface area contributed by atoms with E-state index in [1.165, 1.54) is 0 Å². The Morgan fingerprint density at radius 2 is 2.38 bits per heavy atom. The molecule has 8 heavy (non-hydrogen) atoms. The molecule has 0 saturated carbocycles. The first-order valence-corrected chi connectivity index (χ1v) is 3.69. The Bertz CT molecular complexity index is 118. The highest BCUT2D eigenvalue weighted by atomic mass is 32.2. The summed E-state index contributed by atoms with van der Waals surface area (Å²) >= 11 is 1.80. The van der Waals surface area contributed by atoms with Crippen LogP contribution >= 0.6 is 11.8 Å². The Morgan fingerprint density at radius 3 is 2.50 bits per heavy atom. The standard InChI is InChI=1S/C6H11NS/c1-5-7-6(2,3)4-8-5/h7H,1,4H2,2-3H3. The third kappa shape index (κ3) is 1.19. The Kier molecular flexibility index (Phi) is 1.27. The van der Waals surface area contributed by atoms with Crippen molar-refractivity contribution in [1.29, 1.82) is 0 Å². The number of rotatable bonds is 0. The predicted molar refractivity (Wildman–Crippen MR) is 38.8 cm³/mol. The van der Waals surface area contributed by atoms with Gasteiger partial charge in [-0.3, -0.25) is 0 Å². The molecule has 2 heteroatoms. The minimum atomic E-state index is 0.280. The second kappa shape index (κ2) is 1.69. The molecule has 0 unspecified atom stereocenters. The van der Waals surface area contributed by atoms with Gasteiger partial charge in [-0.15, -0.1) is 11.8 Å². The molecule has 1 aliphatic rings. The molecule has 1 saturated heterocycles. The molecule has 46 valence electrons. The molecule has 0 aliphatic carbocycles. The van der Waals surface area contributed by atoms with Gasteiger partial charge in [0.1, 0.15) is 0 Å². The van der Waals surface area contributed by atoms with Crippen LogP contribution in [0, 0.1) is 0 Å². The fraction of sp³-hybridized carbons (Fsp3) is 0.667. The average Bonchev–Trinajstić information content (AvgIpc) is 1.82. The first-order valence-electron chi connectivity index (χ1n) is 2.70. The van der Waals surface area contributed by atoms with Crippen molar-refractivity contribution in [1.82, 2.24) is 5.32 Å². The molecular formula is C6H11NS. The van der Waals surface area contributed by atoms with E-state index in [2.05, 4.69) is 25.7 Å².